The molecule has 116 valence electrons. The molecule has 0 radical (unpaired) electrons. The van der Waals surface area contributed by atoms with Crippen LogP contribution in [-0.2, 0) is 4.74 Å². The number of hydrogen-bond acceptors (Lipinski definition) is 3. The normalized spacial score (nSPS) is 24.0. The Hall–Kier alpha value is -1.61. The molecule has 1 unspecified atom stereocenters. The molecule has 1 saturated heterocycles. The number of aromatic nitrogens is 1. The summed E-state index contributed by atoms with van der Waals surface area (Å²) in [7, 11) is 0. The van der Waals surface area contributed by atoms with Crippen molar-refractivity contribution in [1.29, 1.82) is 0 Å². The van der Waals surface area contributed by atoms with Gasteiger partial charge in [0, 0.05) is 29.9 Å². The Balaban J connectivity index is 1.59. The lowest BCUT2D eigenvalue weighted by molar-refractivity contribution is -0.0766. The molecule has 2 aromatic rings. The average molecular weight is 296 g/mol. The summed E-state index contributed by atoms with van der Waals surface area (Å²) in [5, 5.41) is 5.01. The van der Waals surface area contributed by atoms with Crippen LogP contribution in [0.15, 0.2) is 30.5 Å². The molecule has 0 amide bonds. The van der Waals surface area contributed by atoms with Crippen LogP contribution in [0.5, 0.6) is 0 Å². The summed E-state index contributed by atoms with van der Waals surface area (Å²) in [6.45, 7) is 3.01. The van der Waals surface area contributed by atoms with Crippen molar-refractivity contribution >= 4 is 16.6 Å². The molecule has 1 N–H and O–H groups in total. The first-order chi connectivity index (χ1) is 10.8. The largest absolute Gasteiger partial charge is 0.382 e. The molecule has 2 heterocycles. The van der Waals surface area contributed by atoms with Gasteiger partial charge in [-0.2, -0.15) is 0 Å². The molecular formula is C19H24N2O. The van der Waals surface area contributed by atoms with E-state index in [9.17, 15) is 0 Å². The number of nitrogens with zero attached hydrogens (tertiary/aromatic N) is 1. The van der Waals surface area contributed by atoms with Crippen molar-refractivity contribution in [3.05, 3.63) is 36.0 Å². The van der Waals surface area contributed by atoms with E-state index in [1.165, 1.54) is 42.3 Å². The lowest BCUT2D eigenvalue weighted by Crippen LogP contribution is -2.42. The van der Waals surface area contributed by atoms with Crippen LogP contribution in [0.3, 0.4) is 0 Å². The highest BCUT2D eigenvalue weighted by molar-refractivity contribution is 5.92. The molecule has 1 aromatic heterocycles. The van der Waals surface area contributed by atoms with Crippen molar-refractivity contribution in [3.8, 4) is 0 Å². The molecular weight excluding hydrogens is 272 g/mol. The van der Waals surface area contributed by atoms with E-state index in [0.717, 1.165) is 25.0 Å². The Kier molecular flexibility index (Phi) is 3.53. The zero-order valence-electron chi connectivity index (χ0n) is 13.3. The van der Waals surface area contributed by atoms with Crippen LogP contribution in [0.2, 0.25) is 0 Å². The van der Waals surface area contributed by atoms with Crippen LogP contribution in [0.4, 0.5) is 5.69 Å². The third kappa shape index (κ3) is 2.48. The third-order valence-corrected chi connectivity index (χ3v) is 5.34. The van der Waals surface area contributed by atoms with Crippen LogP contribution in [0, 0.1) is 6.92 Å². The maximum atomic E-state index is 6.15. The molecule has 3 nitrogen and oxygen atoms in total. The van der Waals surface area contributed by atoms with E-state index in [1.54, 1.807) is 0 Å². The van der Waals surface area contributed by atoms with E-state index in [-0.39, 0.29) is 5.60 Å². The van der Waals surface area contributed by atoms with Crippen molar-refractivity contribution in [2.24, 2.45) is 0 Å². The highest BCUT2D eigenvalue weighted by Gasteiger charge is 2.39. The maximum absolute atomic E-state index is 6.15. The quantitative estimate of drug-likeness (QED) is 0.889. The minimum Gasteiger partial charge on any atom is -0.382 e. The fraction of sp³-hybridized carbons (Fsp3) is 0.526. The van der Waals surface area contributed by atoms with Gasteiger partial charge >= 0.3 is 0 Å². The van der Waals surface area contributed by atoms with E-state index in [2.05, 4.69) is 41.5 Å². The zero-order chi connectivity index (χ0) is 15.0. The van der Waals surface area contributed by atoms with Crippen molar-refractivity contribution in [2.75, 3.05) is 11.9 Å². The number of rotatable bonds is 2. The molecule has 0 bridgehead atoms. The van der Waals surface area contributed by atoms with Gasteiger partial charge in [0.25, 0.3) is 0 Å². The number of hydrogen-bond donors (Lipinski definition) is 1. The summed E-state index contributed by atoms with van der Waals surface area (Å²) in [6, 6.07) is 9.03. The standard InChI is InChI=1S/C19H24N2O/c1-14-5-4-6-16-17(7-11-20-18(14)16)21-15-8-12-22-19(13-15)9-2-3-10-19/h4-7,11,15H,2-3,8-10,12-13H2,1H3,(H,20,21). The maximum Gasteiger partial charge on any atom is 0.0751 e. The predicted molar refractivity (Wildman–Crippen MR) is 90.3 cm³/mol. The van der Waals surface area contributed by atoms with Gasteiger partial charge in [-0.3, -0.25) is 4.98 Å². The fourth-order valence-corrected chi connectivity index (χ4v) is 4.19. The molecule has 1 aliphatic heterocycles. The molecule has 1 saturated carbocycles. The first-order valence-corrected chi connectivity index (χ1v) is 8.51. The molecule has 2 aliphatic rings. The van der Waals surface area contributed by atoms with Crippen molar-refractivity contribution in [1.82, 2.24) is 4.98 Å². The molecule has 4 rings (SSSR count). The Labute approximate surface area is 132 Å². The monoisotopic (exact) mass is 296 g/mol. The van der Waals surface area contributed by atoms with Gasteiger partial charge in [0.1, 0.15) is 0 Å². The minimum atomic E-state index is 0.161. The van der Waals surface area contributed by atoms with Gasteiger partial charge in [-0.05, 0) is 44.2 Å². The summed E-state index contributed by atoms with van der Waals surface area (Å²) >= 11 is 0. The number of benzene rings is 1. The highest BCUT2D eigenvalue weighted by Crippen LogP contribution is 2.41. The van der Waals surface area contributed by atoms with Crippen LogP contribution < -0.4 is 5.32 Å². The molecule has 3 heteroatoms. The second-order valence-electron chi connectivity index (χ2n) is 6.90. The second-order valence-corrected chi connectivity index (χ2v) is 6.90. The first-order valence-electron chi connectivity index (χ1n) is 8.51. The summed E-state index contributed by atoms with van der Waals surface area (Å²) in [5.41, 5.74) is 3.72. The number of fused-ring (bicyclic) bond motifs is 1. The first kappa shape index (κ1) is 14.0. The number of para-hydroxylation sites is 1. The Morgan fingerprint density at radius 3 is 2.95 bits per heavy atom. The third-order valence-electron chi connectivity index (χ3n) is 5.34. The summed E-state index contributed by atoms with van der Waals surface area (Å²) in [6.07, 6.45) is 9.28. The van der Waals surface area contributed by atoms with Gasteiger partial charge in [-0.25, -0.2) is 0 Å². The molecule has 1 aromatic carbocycles. The number of anilines is 1. The van der Waals surface area contributed by atoms with Gasteiger partial charge in [0.15, 0.2) is 0 Å². The average Bonchev–Trinajstić information content (AvgIpc) is 2.96. The minimum absolute atomic E-state index is 0.161. The van der Waals surface area contributed by atoms with E-state index >= 15 is 0 Å². The van der Waals surface area contributed by atoms with Crippen molar-refractivity contribution in [3.63, 3.8) is 0 Å². The zero-order valence-corrected chi connectivity index (χ0v) is 13.3. The molecule has 2 fully saturated rings. The van der Waals surface area contributed by atoms with Gasteiger partial charge in [0.05, 0.1) is 11.1 Å². The van der Waals surface area contributed by atoms with Crippen LogP contribution >= 0.6 is 0 Å². The highest BCUT2D eigenvalue weighted by atomic mass is 16.5. The van der Waals surface area contributed by atoms with Gasteiger partial charge in [0.2, 0.25) is 0 Å². The van der Waals surface area contributed by atoms with E-state index in [1.807, 2.05) is 6.20 Å². The fourth-order valence-electron chi connectivity index (χ4n) is 4.19. The van der Waals surface area contributed by atoms with Gasteiger partial charge < -0.3 is 10.1 Å². The molecule has 1 aliphatic carbocycles. The number of ether oxygens (including phenoxy) is 1. The Bertz CT molecular complexity index is 676. The SMILES string of the molecule is Cc1cccc2c(NC3CCOC4(CCCC4)C3)ccnc12. The topological polar surface area (TPSA) is 34.1 Å². The molecule has 1 atom stereocenters. The van der Waals surface area contributed by atoms with Crippen molar-refractivity contribution < 1.29 is 4.74 Å². The predicted octanol–water partition coefficient (Wildman–Crippen LogP) is 4.45. The summed E-state index contributed by atoms with van der Waals surface area (Å²) < 4.78 is 6.15. The summed E-state index contributed by atoms with van der Waals surface area (Å²) in [5.74, 6) is 0. The van der Waals surface area contributed by atoms with Gasteiger partial charge in [-0.1, -0.05) is 31.0 Å². The smallest absolute Gasteiger partial charge is 0.0751 e. The van der Waals surface area contributed by atoms with E-state index in [4.69, 9.17) is 4.74 Å². The van der Waals surface area contributed by atoms with E-state index in [0.29, 0.717) is 6.04 Å². The van der Waals surface area contributed by atoms with Crippen molar-refractivity contribution in [2.45, 2.75) is 57.1 Å². The second kappa shape index (κ2) is 5.54. The number of nitrogens with one attached hydrogen (secondary N) is 1. The molecule has 1 spiro atoms. The van der Waals surface area contributed by atoms with Crippen LogP contribution in [-0.4, -0.2) is 23.2 Å². The Morgan fingerprint density at radius 2 is 2.09 bits per heavy atom. The lowest BCUT2D eigenvalue weighted by atomic mass is 9.88. The number of pyridine rings is 1. The molecule has 22 heavy (non-hydrogen) atoms. The summed E-state index contributed by atoms with van der Waals surface area (Å²) in [4.78, 5) is 4.54. The Morgan fingerprint density at radius 1 is 1.23 bits per heavy atom. The number of aryl methyl sites for hydroxylation is 1. The van der Waals surface area contributed by atoms with Gasteiger partial charge in [-0.15, -0.1) is 0 Å². The van der Waals surface area contributed by atoms with Crippen LogP contribution in [0.1, 0.15) is 44.1 Å². The van der Waals surface area contributed by atoms with Crippen LogP contribution in [0.25, 0.3) is 10.9 Å². The lowest BCUT2D eigenvalue weighted by Gasteiger charge is -2.39. The van der Waals surface area contributed by atoms with E-state index < -0.39 is 0 Å².